The monoisotopic (exact) mass is 425 g/mol. The summed E-state index contributed by atoms with van der Waals surface area (Å²) in [5.41, 5.74) is 2.01. The van der Waals surface area contributed by atoms with Crippen LogP contribution in [0.3, 0.4) is 0 Å². The van der Waals surface area contributed by atoms with Gasteiger partial charge in [-0.1, -0.05) is 55.8 Å². The number of rotatable bonds is 12. The van der Waals surface area contributed by atoms with E-state index in [2.05, 4.69) is 13.6 Å². The average molecular weight is 426 g/mol. The van der Waals surface area contributed by atoms with Crippen molar-refractivity contribution in [3.8, 4) is 5.75 Å². The molecule has 2 aromatic carbocycles. The van der Waals surface area contributed by atoms with E-state index in [1.165, 1.54) is 4.58 Å². The molecule has 0 aliphatic carbocycles. The second kappa shape index (κ2) is 12.4. The van der Waals surface area contributed by atoms with Crippen molar-refractivity contribution >= 4 is 12.6 Å². The first-order valence-electron chi connectivity index (χ1n) is 10.6. The molecule has 166 valence electrons. The van der Waals surface area contributed by atoms with Crippen LogP contribution in [0.15, 0.2) is 66.2 Å². The van der Waals surface area contributed by atoms with Crippen LogP contribution in [0.5, 0.6) is 5.75 Å². The number of aliphatic hydroxyl groups is 1. The summed E-state index contributed by atoms with van der Waals surface area (Å²) >= 11 is 0. The van der Waals surface area contributed by atoms with Crippen LogP contribution < -0.4 is 4.74 Å². The average Bonchev–Trinajstić information content (AvgIpc) is 2.78. The Labute approximate surface area is 185 Å². The largest absolute Gasteiger partial charge is 0.497 e. The fourth-order valence-electron chi connectivity index (χ4n) is 3.13. The van der Waals surface area contributed by atoms with Crippen molar-refractivity contribution in [3.05, 3.63) is 77.4 Å². The molecule has 2 rings (SSSR count). The minimum Gasteiger partial charge on any atom is -0.497 e. The molecule has 0 heterocycles. The van der Waals surface area contributed by atoms with Crippen LogP contribution in [0.1, 0.15) is 37.8 Å². The molecule has 1 amide bonds. The molecule has 0 saturated heterocycles. The molecule has 31 heavy (non-hydrogen) atoms. The third kappa shape index (κ3) is 7.17. The van der Waals surface area contributed by atoms with Crippen LogP contribution in [0.2, 0.25) is 0 Å². The van der Waals surface area contributed by atoms with E-state index in [0.29, 0.717) is 19.6 Å². The standard InChI is InChI=1S/C25H32N2O4/c1-5-7-17-26(3)23(25(29)31-6-2)24(28)27(18-20-11-9-8-10-12-20)19-21-13-15-22(30-4)16-14-21/h8-16H,3,5-7,17-19H2,1-2,4H3/p+1. The van der Waals surface area contributed by atoms with Crippen LogP contribution in [0, 0.1) is 0 Å². The number of ether oxygens (including phenoxy) is 2. The maximum atomic E-state index is 13.6. The molecule has 0 radical (unpaired) electrons. The topological polar surface area (TPSA) is 62.0 Å². The summed E-state index contributed by atoms with van der Waals surface area (Å²) in [6.07, 6.45) is 1.79. The lowest BCUT2D eigenvalue weighted by Crippen LogP contribution is -2.36. The summed E-state index contributed by atoms with van der Waals surface area (Å²) in [5, 5.41) is 10.5. The molecule has 0 spiro atoms. The van der Waals surface area contributed by atoms with Gasteiger partial charge in [0.15, 0.2) is 0 Å². The van der Waals surface area contributed by atoms with Crippen LogP contribution in [0.25, 0.3) is 0 Å². The first kappa shape index (κ1) is 24.0. The van der Waals surface area contributed by atoms with Gasteiger partial charge < -0.3 is 19.5 Å². The van der Waals surface area contributed by atoms with Crippen LogP contribution >= 0.6 is 0 Å². The molecule has 0 saturated carbocycles. The van der Waals surface area contributed by atoms with Crippen molar-refractivity contribution in [2.75, 3.05) is 20.3 Å². The van der Waals surface area contributed by atoms with Crippen LogP contribution in [-0.4, -0.2) is 47.5 Å². The fraction of sp³-hybridized carbons (Fsp3) is 0.360. The molecule has 0 atom stereocenters. The number of carbonyl (C=O) groups excluding carboxylic acids is 1. The first-order chi connectivity index (χ1) is 15.0. The van der Waals surface area contributed by atoms with Crippen molar-refractivity contribution in [2.45, 2.75) is 39.8 Å². The molecule has 2 aromatic rings. The Hall–Kier alpha value is -3.28. The number of methoxy groups -OCH3 is 1. The van der Waals surface area contributed by atoms with Gasteiger partial charge in [-0.2, -0.15) is 4.58 Å². The predicted molar refractivity (Wildman–Crippen MR) is 122 cm³/mol. The zero-order chi connectivity index (χ0) is 22.6. The Morgan fingerprint density at radius 3 is 2.19 bits per heavy atom. The van der Waals surface area contributed by atoms with Gasteiger partial charge in [0.2, 0.25) is 0 Å². The molecule has 0 aliphatic rings. The quantitative estimate of drug-likeness (QED) is 0.235. The Bertz CT molecular complexity index is 876. The molecular formula is C25H33N2O4+. The van der Waals surface area contributed by atoms with Gasteiger partial charge in [-0.3, -0.25) is 4.79 Å². The summed E-state index contributed by atoms with van der Waals surface area (Å²) in [7, 11) is 1.62. The van der Waals surface area contributed by atoms with Gasteiger partial charge in [0.25, 0.3) is 0 Å². The van der Waals surface area contributed by atoms with Gasteiger partial charge >= 0.3 is 17.5 Å². The Morgan fingerprint density at radius 1 is 1.03 bits per heavy atom. The van der Waals surface area contributed by atoms with E-state index in [1.54, 1.807) is 18.9 Å². The summed E-state index contributed by atoms with van der Waals surface area (Å²) < 4.78 is 12.1. The predicted octanol–water partition coefficient (Wildman–Crippen LogP) is 4.50. The highest BCUT2D eigenvalue weighted by molar-refractivity contribution is 5.91. The van der Waals surface area contributed by atoms with Crippen LogP contribution in [-0.2, 0) is 22.6 Å². The highest BCUT2D eigenvalue weighted by atomic mass is 16.6. The van der Waals surface area contributed by atoms with Crippen molar-refractivity contribution in [1.82, 2.24) is 4.90 Å². The van der Waals surface area contributed by atoms with E-state index in [4.69, 9.17) is 9.47 Å². The molecular weight excluding hydrogens is 392 g/mol. The van der Waals surface area contributed by atoms with Crippen LogP contribution in [0.4, 0.5) is 0 Å². The van der Waals surface area contributed by atoms with Gasteiger partial charge in [0.05, 0.1) is 13.7 Å². The fourth-order valence-corrected chi connectivity index (χ4v) is 3.13. The number of benzene rings is 2. The summed E-state index contributed by atoms with van der Waals surface area (Å²) in [5.74, 6) is 0.0193. The molecule has 0 fully saturated rings. The normalized spacial score (nSPS) is 11.5. The van der Waals surface area contributed by atoms with Gasteiger partial charge in [-0.15, -0.1) is 0 Å². The SMILES string of the molecule is C=[N+](CCCC)/C(C(=O)N(Cc1ccccc1)Cc1ccc(OC)cc1)=C(/O)OCC. The number of nitrogens with zero attached hydrogens (tertiary/aromatic N) is 2. The highest BCUT2D eigenvalue weighted by Gasteiger charge is 2.32. The Morgan fingerprint density at radius 2 is 1.65 bits per heavy atom. The van der Waals surface area contributed by atoms with Gasteiger partial charge in [-0.25, -0.2) is 0 Å². The number of hydrogen-bond donors (Lipinski definition) is 1. The van der Waals surface area contributed by atoms with Crippen molar-refractivity contribution in [2.24, 2.45) is 0 Å². The van der Waals surface area contributed by atoms with E-state index in [0.717, 1.165) is 29.7 Å². The number of aliphatic hydroxyl groups excluding tert-OH is 1. The van der Waals surface area contributed by atoms with Gasteiger partial charge in [0.1, 0.15) is 19.0 Å². The minimum absolute atomic E-state index is 0.0692. The molecule has 6 heteroatoms. The van der Waals surface area contributed by atoms with E-state index < -0.39 is 5.95 Å². The summed E-state index contributed by atoms with van der Waals surface area (Å²) in [4.78, 5) is 15.3. The van der Waals surface area contributed by atoms with Gasteiger partial charge in [0, 0.05) is 19.5 Å². The maximum Gasteiger partial charge on any atom is 0.358 e. The number of carbonyl (C=O) groups is 1. The smallest absolute Gasteiger partial charge is 0.358 e. The van der Waals surface area contributed by atoms with E-state index in [9.17, 15) is 9.90 Å². The molecule has 6 nitrogen and oxygen atoms in total. The lowest BCUT2D eigenvalue weighted by molar-refractivity contribution is -0.468. The third-order valence-corrected chi connectivity index (χ3v) is 4.82. The third-order valence-electron chi connectivity index (χ3n) is 4.82. The summed E-state index contributed by atoms with van der Waals surface area (Å²) in [6, 6.07) is 17.3. The number of hydrogen-bond acceptors (Lipinski definition) is 4. The number of unbranched alkanes of at least 4 members (excludes halogenated alkanes) is 1. The van der Waals surface area contributed by atoms with E-state index >= 15 is 0 Å². The van der Waals surface area contributed by atoms with Gasteiger partial charge in [-0.05, 0) is 30.2 Å². The zero-order valence-electron chi connectivity index (χ0n) is 18.7. The summed E-state index contributed by atoms with van der Waals surface area (Å²) in [6.45, 7) is 9.35. The molecule has 1 N–H and O–H groups in total. The Balaban J connectivity index is 2.38. The minimum atomic E-state index is -0.397. The van der Waals surface area contributed by atoms with Crippen molar-refractivity contribution in [3.63, 3.8) is 0 Å². The molecule has 0 bridgehead atoms. The molecule has 0 aliphatic heterocycles. The first-order valence-corrected chi connectivity index (χ1v) is 10.6. The molecule has 0 aromatic heterocycles. The maximum absolute atomic E-state index is 13.6. The van der Waals surface area contributed by atoms with Crippen molar-refractivity contribution in [1.29, 1.82) is 0 Å². The van der Waals surface area contributed by atoms with E-state index in [-0.39, 0.29) is 18.2 Å². The molecule has 0 unspecified atom stereocenters. The lowest BCUT2D eigenvalue weighted by Gasteiger charge is -2.23. The zero-order valence-corrected chi connectivity index (χ0v) is 18.7. The highest BCUT2D eigenvalue weighted by Crippen LogP contribution is 2.18. The Kier molecular flexibility index (Phi) is 9.62. The van der Waals surface area contributed by atoms with Crippen molar-refractivity contribution < 1.29 is 24.0 Å². The number of amides is 1. The van der Waals surface area contributed by atoms with E-state index in [1.807, 2.05) is 54.6 Å². The second-order valence-corrected chi connectivity index (χ2v) is 7.20. The second-order valence-electron chi connectivity index (χ2n) is 7.20. The lowest BCUT2D eigenvalue weighted by atomic mass is 10.1.